The first-order valence-corrected chi connectivity index (χ1v) is 12.5. The number of aromatic nitrogens is 6. The lowest BCUT2D eigenvalue weighted by atomic mass is 10.0. The molecule has 3 aromatic carbocycles. The lowest BCUT2D eigenvalue weighted by Gasteiger charge is -2.11. The predicted octanol–water partition coefficient (Wildman–Crippen LogP) is 5.12. The fourth-order valence-corrected chi connectivity index (χ4v) is 4.56. The third kappa shape index (κ3) is 5.20. The third-order valence-electron chi connectivity index (χ3n) is 6.47. The number of rotatable bonds is 10. The molecule has 36 heavy (non-hydrogen) atoms. The molecular weight excluding hydrogens is 448 g/mol. The highest BCUT2D eigenvalue weighted by molar-refractivity contribution is 5.72. The maximum Gasteiger partial charge on any atom is 0.328 e. The molecule has 7 heteroatoms. The second-order valence-electron chi connectivity index (χ2n) is 9.03. The van der Waals surface area contributed by atoms with Crippen molar-refractivity contribution in [1.29, 1.82) is 0 Å². The van der Waals surface area contributed by atoms with Gasteiger partial charge in [0, 0.05) is 17.5 Å². The number of nitrogens with zero attached hydrogens (tertiary/aromatic N) is 6. The molecule has 0 spiro atoms. The fourth-order valence-electron chi connectivity index (χ4n) is 4.56. The van der Waals surface area contributed by atoms with E-state index in [0.29, 0.717) is 13.1 Å². The Kier molecular flexibility index (Phi) is 7.17. The van der Waals surface area contributed by atoms with E-state index in [1.54, 1.807) is 11.0 Å². The quantitative estimate of drug-likeness (QED) is 0.261. The van der Waals surface area contributed by atoms with Crippen LogP contribution in [-0.2, 0) is 19.5 Å². The number of benzene rings is 3. The van der Waals surface area contributed by atoms with Gasteiger partial charge in [-0.3, -0.25) is 9.13 Å². The third-order valence-corrected chi connectivity index (χ3v) is 6.47. The van der Waals surface area contributed by atoms with Gasteiger partial charge in [-0.15, -0.1) is 5.10 Å². The zero-order valence-corrected chi connectivity index (χ0v) is 20.5. The summed E-state index contributed by atoms with van der Waals surface area (Å²) in [5, 5.41) is 11.6. The van der Waals surface area contributed by atoms with Crippen molar-refractivity contribution >= 4 is 0 Å². The van der Waals surface area contributed by atoms with Crippen molar-refractivity contribution in [3.05, 3.63) is 119 Å². The molecule has 0 radical (unpaired) electrons. The maximum absolute atomic E-state index is 13.4. The number of tetrazole rings is 1. The summed E-state index contributed by atoms with van der Waals surface area (Å²) in [4.78, 5) is 13.4. The van der Waals surface area contributed by atoms with Gasteiger partial charge in [-0.05, 0) is 46.0 Å². The number of unbranched alkanes of at least 4 members (excludes halogenated alkanes) is 2. The molecule has 0 fully saturated rings. The molecule has 7 nitrogen and oxygen atoms in total. The van der Waals surface area contributed by atoms with Gasteiger partial charge in [0.15, 0.2) is 0 Å². The summed E-state index contributed by atoms with van der Waals surface area (Å²) in [6, 6.07) is 26.6. The fraction of sp³-hybridized carbons (Fsp3) is 0.241. The van der Waals surface area contributed by atoms with Gasteiger partial charge < -0.3 is 0 Å². The minimum absolute atomic E-state index is 0.0402. The first kappa shape index (κ1) is 23.5. The zero-order chi connectivity index (χ0) is 24.7. The van der Waals surface area contributed by atoms with Crippen LogP contribution in [0.4, 0.5) is 0 Å². The number of hydrogen-bond donors (Lipinski definition) is 0. The van der Waals surface area contributed by atoms with Crippen LogP contribution < -0.4 is 5.69 Å². The molecule has 5 rings (SSSR count). The van der Waals surface area contributed by atoms with Crippen LogP contribution in [0.15, 0.2) is 96.2 Å². The van der Waals surface area contributed by atoms with E-state index in [-0.39, 0.29) is 5.69 Å². The van der Waals surface area contributed by atoms with E-state index in [1.807, 2.05) is 51.7 Å². The van der Waals surface area contributed by atoms with Gasteiger partial charge in [0.25, 0.3) is 0 Å². The molecule has 182 valence electrons. The van der Waals surface area contributed by atoms with Crippen LogP contribution in [0.2, 0.25) is 0 Å². The van der Waals surface area contributed by atoms with E-state index in [0.717, 1.165) is 59.3 Å². The minimum atomic E-state index is 0.0402. The van der Waals surface area contributed by atoms with Crippen LogP contribution in [-0.4, -0.2) is 29.3 Å². The predicted molar refractivity (Wildman–Crippen MR) is 141 cm³/mol. The zero-order valence-electron chi connectivity index (χ0n) is 20.5. The van der Waals surface area contributed by atoms with E-state index in [2.05, 4.69) is 64.9 Å². The van der Waals surface area contributed by atoms with Crippen LogP contribution >= 0.6 is 0 Å². The molecule has 0 amide bonds. The summed E-state index contributed by atoms with van der Waals surface area (Å²) in [7, 11) is 0. The van der Waals surface area contributed by atoms with Crippen molar-refractivity contribution in [3.63, 3.8) is 0 Å². The number of para-hydroxylation sites is 1. The molecule has 2 aromatic heterocycles. The largest absolute Gasteiger partial charge is 0.328 e. The number of aryl methyl sites for hydroxylation is 1. The summed E-state index contributed by atoms with van der Waals surface area (Å²) >= 11 is 0. The maximum atomic E-state index is 13.4. The Balaban J connectivity index is 1.41. The van der Waals surface area contributed by atoms with E-state index in [9.17, 15) is 4.79 Å². The van der Waals surface area contributed by atoms with Crippen LogP contribution in [0.1, 0.15) is 43.0 Å². The topological polar surface area (TPSA) is 70.5 Å². The van der Waals surface area contributed by atoms with Gasteiger partial charge in [0.05, 0.1) is 18.8 Å². The van der Waals surface area contributed by atoms with Crippen LogP contribution in [0.5, 0.6) is 0 Å². The summed E-state index contributed by atoms with van der Waals surface area (Å²) < 4.78 is 5.44. The Morgan fingerprint density at radius 1 is 0.806 bits per heavy atom. The molecule has 0 N–H and O–H groups in total. The van der Waals surface area contributed by atoms with Crippen molar-refractivity contribution < 1.29 is 0 Å². The summed E-state index contributed by atoms with van der Waals surface area (Å²) in [6.45, 7) is 3.34. The molecular formula is C29H30N6O. The van der Waals surface area contributed by atoms with Crippen LogP contribution in [0, 0.1) is 0 Å². The summed E-state index contributed by atoms with van der Waals surface area (Å²) in [6.07, 6.45) is 7.94. The molecule has 0 aliphatic rings. The minimum Gasteiger partial charge on any atom is -0.295 e. The number of imidazole rings is 1. The second kappa shape index (κ2) is 11.0. The molecule has 0 unspecified atom stereocenters. The van der Waals surface area contributed by atoms with Crippen molar-refractivity contribution in [2.45, 2.75) is 45.7 Å². The standard InChI is InChI=1S/C29H30N6O/c1-2-3-5-12-26-21-33(19-23-10-6-4-7-11-23)29(36)34(26)20-24-15-17-25(18-16-24)27-13-8-9-14-28(27)35-22-30-31-32-35/h4,6-11,13-18,21-22H,2-3,5,12,19-20H2,1H3. The van der Waals surface area contributed by atoms with E-state index >= 15 is 0 Å². The molecule has 2 heterocycles. The van der Waals surface area contributed by atoms with Crippen molar-refractivity contribution in [3.8, 4) is 16.8 Å². The lowest BCUT2D eigenvalue weighted by molar-refractivity contribution is 0.643. The average molecular weight is 479 g/mol. The van der Waals surface area contributed by atoms with Crippen LogP contribution in [0.25, 0.3) is 16.8 Å². The lowest BCUT2D eigenvalue weighted by Crippen LogP contribution is -2.26. The monoisotopic (exact) mass is 478 g/mol. The van der Waals surface area contributed by atoms with Gasteiger partial charge in [-0.1, -0.05) is 92.6 Å². The molecule has 0 saturated heterocycles. The Morgan fingerprint density at radius 2 is 1.56 bits per heavy atom. The van der Waals surface area contributed by atoms with Gasteiger partial charge in [-0.2, -0.15) is 4.68 Å². The molecule has 0 atom stereocenters. The SMILES string of the molecule is CCCCCc1cn(Cc2ccccc2)c(=O)n1Cc1ccc(-c2ccccc2-n2cnnn2)cc1. The summed E-state index contributed by atoms with van der Waals surface area (Å²) in [5.41, 5.74) is 6.39. The smallest absolute Gasteiger partial charge is 0.295 e. The van der Waals surface area contributed by atoms with Crippen molar-refractivity contribution in [2.75, 3.05) is 0 Å². The Labute approximate surface area is 210 Å². The van der Waals surface area contributed by atoms with Gasteiger partial charge >= 0.3 is 5.69 Å². The molecule has 0 bridgehead atoms. The normalized spacial score (nSPS) is 11.1. The summed E-state index contributed by atoms with van der Waals surface area (Å²) in [5.74, 6) is 0. The van der Waals surface area contributed by atoms with E-state index in [4.69, 9.17) is 0 Å². The second-order valence-corrected chi connectivity index (χ2v) is 9.03. The highest BCUT2D eigenvalue weighted by Gasteiger charge is 2.13. The molecule has 0 saturated carbocycles. The number of hydrogen-bond acceptors (Lipinski definition) is 4. The molecule has 0 aliphatic carbocycles. The first-order chi connectivity index (χ1) is 17.7. The van der Waals surface area contributed by atoms with Crippen molar-refractivity contribution in [2.24, 2.45) is 0 Å². The Hall–Kier alpha value is -4.26. The average Bonchev–Trinajstić information content (AvgIpc) is 3.55. The Morgan fingerprint density at radius 3 is 2.31 bits per heavy atom. The van der Waals surface area contributed by atoms with Crippen molar-refractivity contribution in [1.82, 2.24) is 29.3 Å². The highest BCUT2D eigenvalue weighted by atomic mass is 16.1. The molecule has 0 aliphatic heterocycles. The van der Waals surface area contributed by atoms with Gasteiger partial charge in [0.2, 0.25) is 0 Å². The van der Waals surface area contributed by atoms with Gasteiger partial charge in [-0.25, -0.2) is 4.79 Å². The first-order valence-electron chi connectivity index (χ1n) is 12.5. The van der Waals surface area contributed by atoms with E-state index in [1.165, 1.54) is 0 Å². The van der Waals surface area contributed by atoms with Crippen LogP contribution in [0.3, 0.4) is 0 Å². The van der Waals surface area contributed by atoms with Gasteiger partial charge in [0.1, 0.15) is 6.33 Å². The highest BCUT2D eigenvalue weighted by Crippen LogP contribution is 2.26. The molecule has 5 aromatic rings. The van der Waals surface area contributed by atoms with E-state index < -0.39 is 0 Å². The Bertz CT molecular complexity index is 1450.